The van der Waals surface area contributed by atoms with E-state index in [4.69, 9.17) is 37.9 Å². The van der Waals surface area contributed by atoms with Crippen LogP contribution in [0.1, 0.15) is 212 Å². The lowest BCUT2D eigenvalue weighted by Crippen LogP contribution is -2.23. The van der Waals surface area contributed by atoms with Crippen molar-refractivity contribution in [3.05, 3.63) is 0 Å². The molecule has 0 saturated carbocycles. The molecule has 0 rings (SSSR count). The van der Waals surface area contributed by atoms with Gasteiger partial charge in [0.15, 0.2) is 0 Å². The Labute approximate surface area is 394 Å². The molecular formula is C51H96O14. The maximum Gasteiger partial charge on any atom is 0.306 e. The summed E-state index contributed by atoms with van der Waals surface area (Å²) >= 11 is 0. The minimum atomic E-state index is -0.374. The van der Waals surface area contributed by atoms with Crippen molar-refractivity contribution in [2.45, 2.75) is 236 Å². The predicted molar refractivity (Wildman–Crippen MR) is 254 cm³/mol. The molecule has 0 bridgehead atoms. The predicted octanol–water partition coefficient (Wildman–Crippen LogP) is 10.1. The summed E-state index contributed by atoms with van der Waals surface area (Å²) in [6.07, 6.45) is 28.8. The van der Waals surface area contributed by atoms with Crippen molar-refractivity contribution >= 4 is 23.9 Å². The van der Waals surface area contributed by atoms with E-state index in [1.807, 2.05) is 0 Å². The maximum absolute atomic E-state index is 12.4. The monoisotopic (exact) mass is 933 g/mol. The molecule has 0 aliphatic heterocycles. The van der Waals surface area contributed by atoms with E-state index >= 15 is 0 Å². The largest absolute Gasteiger partial charge is 0.466 e. The molecule has 4 unspecified atom stereocenters. The average molecular weight is 933 g/mol. The fourth-order valence-corrected chi connectivity index (χ4v) is 7.67. The Bertz CT molecular complexity index is 1090. The van der Waals surface area contributed by atoms with Crippen LogP contribution in [0, 0.1) is 0 Å². The molecule has 0 heterocycles. The normalized spacial score (nSPS) is 13.3. The number of rotatable bonds is 50. The molecule has 0 aliphatic rings. The van der Waals surface area contributed by atoms with Gasteiger partial charge < -0.3 is 48.1 Å². The van der Waals surface area contributed by atoms with E-state index in [2.05, 4.69) is 0 Å². The number of aliphatic hydroxyl groups is 2. The number of aliphatic hydroxyl groups excluding tert-OH is 2. The molecule has 0 fully saturated rings. The van der Waals surface area contributed by atoms with E-state index in [1.54, 1.807) is 28.4 Å². The topological polar surface area (TPSA) is 183 Å². The number of esters is 4. The van der Waals surface area contributed by atoms with Crippen molar-refractivity contribution in [2.75, 3.05) is 68.1 Å². The quantitative estimate of drug-likeness (QED) is 0.0334. The number of unbranched alkanes of at least 4 members (excludes halogenated alkanes) is 20. The fourth-order valence-electron chi connectivity index (χ4n) is 7.67. The summed E-state index contributed by atoms with van der Waals surface area (Å²) in [5, 5.41) is 18.8. The molecule has 4 atom stereocenters. The highest BCUT2D eigenvalue weighted by molar-refractivity contribution is 5.70. The number of ether oxygens (including phenoxy) is 8. The lowest BCUT2D eigenvalue weighted by Gasteiger charge is -2.17. The van der Waals surface area contributed by atoms with Gasteiger partial charge in [0, 0.05) is 60.5 Å². The van der Waals surface area contributed by atoms with Crippen LogP contribution in [-0.2, 0) is 57.1 Å². The highest BCUT2D eigenvalue weighted by Gasteiger charge is 2.15. The van der Waals surface area contributed by atoms with Crippen molar-refractivity contribution in [2.24, 2.45) is 0 Å². The van der Waals surface area contributed by atoms with E-state index < -0.39 is 0 Å². The Morgan fingerprint density at radius 1 is 0.369 bits per heavy atom. The van der Waals surface area contributed by atoms with Crippen LogP contribution in [-0.4, -0.2) is 127 Å². The molecule has 2 N–H and O–H groups in total. The van der Waals surface area contributed by atoms with E-state index in [0.717, 1.165) is 180 Å². The molecule has 384 valence electrons. The minimum absolute atomic E-state index is 0.0622. The zero-order valence-corrected chi connectivity index (χ0v) is 41.7. The summed E-state index contributed by atoms with van der Waals surface area (Å²) in [6, 6.07) is 0. The second-order valence-electron chi connectivity index (χ2n) is 17.7. The van der Waals surface area contributed by atoms with Crippen LogP contribution in [0.25, 0.3) is 0 Å². The van der Waals surface area contributed by atoms with Crippen molar-refractivity contribution in [3.63, 3.8) is 0 Å². The first kappa shape index (κ1) is 62.6. The third kappa shape index (κ3) is 43.9. The molecule has 65 heavy (non-hydrogen) atoms. The van der Waals surface area contributed by atoms with Gasteiger partial charge in [0.1, 0.15) is 12.7 Å². The van der Waals surface area contributed by atoms with Crippen LogP contribution in [0.15, 0.2) is 0 Å². The number of carbonyl (C=O) groups is 4. The molecular weight excluding hydrogens is 837 g/mol. The van der Waals surface area contributed by atoms with Crippen LogP contribution in [0.5, 0.6) is 0 Å². The van der Waals surface area contributed by atoms with E-state index in [1.165, 1.54) is 0 Å². The number of hydrogen-bond acceptors (Lipinski definition) is 14. The van der Waals surface area contributed by atoms with Crippen molar-refractivity contribution in [1.29, 1.82) is 0 Å². The lowest BCUT2D eigenvalue weighted by atomic mass is 10.1. The fraction of sp³-hybridized carbons (Fsp3) is 0.922. The van der Waals surface area contributed by atoms with Gasteiger partial charge in [0.2, 0.25) is 0 Å². The summed E-state index contributed by atoms with van der Waals surface area (Å²) in [4.78, 5) is 48.7. The van der Waals surface area contributed by atoms with Crippen molar-refractivity contribution in [3.8, 4) is 0 Å². The molecule has 0 aromatic heterocycles. The summed E-state index contributed by atoms with van der Waals surface area (Å²) in [5.74, 6) is -0.740. The van der Waals surface area contributed by atoms with E-state index in [9.17, 15) is 29.4 Å². The van der Waals surface area contributed by atoms with Crippen LogP contribution >= 0.6 is 0 Å². The van der Waals surface area contributed by atoms with Crippen molar-refractivity contribution < 1.29 is 67.3 Å². The van der Waals surface area contributed by atoms with Crippen molar-refractivity contribution in [1.82, 2.24) is 0 Å². The van der Waals surface area contributed by atoms with Gasteiger partial charge in [-0.05, 0) is 57.8 Å². The van der Waals surface area contributed by atoms with E-state index in [0.29, 0.717) is 51.9 Å². The third-order valence-corrected chi connectivity index (χ3v) is 11.8. The first-order valence-corrected chi connectivity index (χ1v) is 25.7. The second kappa shape index (κ2) is 48.1. The highest BCUT2D eigenvalue weighted by atomic mass is 16.6. The lowest BCUT2D eigenvalue weighted by molar-refractivity contribution is -0.152. The molecule has 14 nitrogen and oxygen atoms in total. The molecule has 0 saturated heterocycles. The van der Waals surface area contributed by atoms with Gasteiger partial charge >= 0.3 is 23.9 Å². The number of hydrogen-bond donors (Lipinski definition) is 2. The number of methoxy groups -OCH3 is 4. The van der Waals surface area contributed by atoms with Gasteiger partial charge in [-0.25, -0.2) is 0 Å². The molecule has 0 aliphatic carbocycles. The summed E-state index contributed by atoms with van der Waals surface area (Å²) < 4.78 is 42.7. The van der Waals surface area contributed by atoms with Gasteiger partial charge in [-0.1, -0.05) is 122 Å². The standard InChI is InChI=1S/C51H96O14/c1-58-41-44(53)30-21-13-5-9-19-27-36-50(56)64-43-46(61-4)32-23-15-7-10-17-25-34-48(54)62-38-29-39-63-49(55)35-26-18-11-8-16-24-33-47(42-59-2)65-51(57)37-28-20-12-6-14-22-31-45(40-52)60-3/h44-47,52-53H,5-43H2,1-4H3. The SMILES string of the molecule is COCC(O)CCCCCCCCC(=O)OCC(CCCCCCCCC(=O)OCCCOC(=O)CCCCCCCCC(COC)OC(=O)CCCCCCCCC(CO)OC)OC. The van der Waals surface area contributed by atoms with E-state index in [-0.39, 0.29) is 68.1 Å². The Hall–Kier alpha value is -2.36. The van der Waals surface area contributed by atoms with Crippen LogP contribution in [0.2, 0.25) is 0 Å². The van der Waals surface area contributed by atoms with Gasteiger partial charge in [-0.3, -0.25) is 19.2 Å². The first-order valence-electron chi connectivity index (χ1n) is 25.7. The van der Waals surface area contributed by atoms with Crippen LogP contribution < -0.4 is 0 Å². The van der Waals surface area contributed by atoms with Gasteiger partial charge in [-0.2, -0.15) is 0 Å². The summed E-state index contributed by atoms with van der Waals surface area (Å²) in [6.45, 7) is 1.66. The third-order valence-electron chi connectivity index (χ3n) is 11.8. The molecule has 0 aromatic carbocycles. The minimum Gasteiger partial charge on any atom is -0.466 e. The molecule has 0 aromatic rings. The molecule has 14 heteroatoms. The Morgan fingerprint density at radius 3 is 1.14 bits per heavy atom. The first-order chi connectivity index (χ1) is 31.7. The molecule has 0 amide bonds. The Kier molecular flexibility index (Phi) is 46.4. The number of carbonyl (C=O) groups excluding carboxylic acids is 4. The summed E-state index contributed by atoms with van der Waals surface area (Å²) in [5.41, 5.74) is 0. The van der Waals surface area contributed by atoms with Crippen LogP contribution in [0.4, 0.5) is 0 Å². The smallest absolute Gasteiger partial charge is 0.306 e. The van der Waals surface area contributed by atoms with Gasteiger partial charge in [-0.15, -0.1) is 0 Å². The zero-order valence-electron chi connectivity index (χ0n) is 41.7. The maximum atomic E-state index is 12.4. The zero-order chi connectivity index (χ0) is 47.9. The van der Waals surface area contributed by atoms with Crippen LogP contribution in [0.3, 0.4) is 0 Å². The average Bonchev–Trinajstić information content (AvgIpc) is 3.29. The second-order valence-corrected chi connectivity index (χ2v) is 17.7. The Morgan fingerprint density at radius 2 is 0.723 bits per heavy atom. The Balaban J connectivity index is 3.67. The molecule has 0 radical (unpaired) electrons. The summed E-state index contributed by atoms with van der Waals surface area (Å²) in [7, 11) is 6.51. The van der Waals surface area contributed by atoms with Gasteiger partial charge in [0.25, 0.3) is 0 Å². The highest BCUT2D eigenvalue weighted by Crippen LogP contribution is 2.17. The molecule has 0 spiro atoms. The van der Waals surface area contributed by atoms with Gasteiger partial charge in [0.05, 0.1) is 51.3 Å².